The van der Waals surface area contributed by atoms with Gasteiger partial charge in [0.2, 0.25) is 12.6 Å². The molecule has 92 valence electrons. The Morgan fingerprint density at radius 2 is 2.22 bits per heavy atom. The van der Waals surface area contributed by atoms with E-state index in [1.807, 2.05) is 18.2 Å². The van der Waals surface area contributed by atoms with Crippen molar-refractivity contribution in [3.05, 3.63) is 30.2 Å². The summed E-state index contributed by atoms with van der Waals surface area (Å²) in [7, 11) is 1.31. The number of methoxy groups -OCH3 is 1. The zero-order valence-electron chi connectivity index (χ0n) is 9.60. The molecule has 0 unspecified atom stereocenters. The van der Waals surface area contributed by atoms with Gasteiger partial charge in [-0.3, -0.25) is 0 Å². The molecule has 2 heterocycles. The zero-order valence-corrected chi connectivity index (χ0v) is 9.60. The molecule has 3 rings (SSSR count). The average molecular weight is 246 g/mol. The predicted octanol–water partition coefficient (Wildman–Crippen LogP) is 1.59. The maximum atomic E-state index is 11.3. The summed E-state index contributed by atoms with van der Waals surface area (Å²) in [4.78, 5) is 18.1. The first-order valence-electron chi connectivity index (χ1n) is 5.31. The summed E-state index contributed by atoms with van der Waals surface area (Å²) >= 11 is 0. The van der Waals surface area contributed by atoms with Crippen LogP contribution >= 0.6 is 0 Å². The molecule has 0 bridgehead atoms. The van der Waals surface area contributed by atoms with Crippen molar-refractivity contribution >= 4 is 5.97 Å². The van der Waals surface area contributed by atoms with Crippen LogP contribution in [0.2, 0.25) is 0 Å². The van der Waals surface area contributed by atoms with Crippen molar-refractivity contribution in [3.63, 3.8) is 0 Å². The van der Waals surface area contributed by atoms with Crippen molar-refractivity contribution in [2.45, 2.75) is 0 Å². The Balaban J connectivity index is 1.95. The van der Waals surface area contributed by atoms with Gasteiger partial charge in [-0.2, -0.15) is 0 Å². The number of aromatic nitrogens is 2. The maximum Gasteiger partial charge on any atom is 0.374 e. The summed E-state index contributed by atoms with van der Waals surface area (Å²) in [5.41, 5.74) is 1.58. The number of carbonyl (C=O) groups is 1. The summed E-state index contributed by atoms with van der Waals surface area (Å²) in [5.74, 6) is 1.07. The fourth-order valence-corrected chi connectivity index (χ4v) is 1.73. The molecule has 0 aliphatic carbocycles. The number of esters is 1. The first kappa shape index (κ1) is 10.6. The third-order valence-electron chi connectivity index (χ3n) is 2.64. The lowest BCUT2D eigenvalue weighted by molar-refractivity contribution is 0.0588. The van der Waals surface area contributed by atoms with Crippen LogP contribution in [0, 0.1) is 0 Å². The van der Waals surface area contributed by atoms with Crippen LogP contribution in [0.5, 0.6) is 11.5 Å². The Morgan fingerprint density at radius 1 is 1.39 bits per heavy atom. The van der Waals surface area contributed by atoms with Crippen LogP contribution in [0.4, 0.5) is 0 Å². The average Bonchev–Trinajstić information content (AvgIpc) is 3.05. The van der Waals surface area contributed by atoms with Gasteiger partial charge in [0.25, 0.3) is 0 Å². The molecule has 6 nitrogen and oxygen atoms in total. The van der Waals surface area contributed by atoms with Crippen molar-refractivity contribution in [1.82, 2.24) is 9.97 Å². The second-order valence-electron chi connectivity index (χ2n) is 3.71. The van der Waals surface area contributed by atoms with Crippen LogP contribution in [0.3, 0.4) is 0 Å². The number of carbonyl (C=O) groups excluding carboxylic acids is 1. The van der Waals surface area contributed by atoms with Gasteiger partial charge in [0.1, 0.15) is 0 Å². The van der Waals surface area contributed by atoms with Gasteiger partial charge in [0.05, 0.1) is 19.0 Å². The summed E-state index contributed by atoms with van der Waals surface area (Å²) in [6.07, 6.45) is 1.57. The van der Waals surface area contributed by atoms with E-state index in [4.69, 9.17) is 9.47 Å². The molecule has 0 saturated carbocycles. The number of fused-ring (bicyclic) bond motifs is 1. The maximum absolute atomic E-state index is 11.3. The van der Waals surface area contributed by atoms with E-state index >= 15 is 0 Å². The first-order chi connectivity index (χ1) is 8.78. The normalized spacial score (nSPS) is 12.5. The van der Waals surface area contributed by atoms with E-state index in [1.165, 1.54) is 7.11 Å². The van der Waals surface area contributed by atoms with Crippen LogP contribution < -0.4 is 9.47 Å². The number of rotatable bonds is 2. The zero-order chi connectivity index (χ0) is 12.5. The van der Waals surface area contributed by atoms with Gasteiger partial charge in [-0.25, -0.2) is 9.78 Å². The van der Waals surface area contributed by atoms with Gasteiger partial charge in [0.15, 0.2) is 11.5 Å². The van der Waals surface area contributed by atoms with Crippen LogP contribution in [0.1, 0.15) is 10.6 Å². The minimum absolute atomic E-state index is 0.171. The molecule has 18 heavy (non-hydrogen) atoms. The van der Waals surface area contributed by atoms with E-state index in [0.29, 0.717) is 17.2 Å². The second-order valence-corrected chi connectivity index (χ2v) is 3.71. The second kappa shape index (κ2) is 4.06. The Morgan fingerprint density at radius 3 is 3.06 bits per heavy atom. The molecule has 1 aromatic heterocycles. The van der Waals surface area contributed by atoms with Crippen LogP contribution in [0.25, 0.3) is 11.3 Å². The number of imidazole rings is 1. The molecule has 0 amide bonds. The Kier molecular flexibility index (Phi) is 2.40. The van der Waals surface area contributed by atoms with Crippen molar-refractivity contribution in [1.29, 1.82) is 0 Å². The van der Waals surface area contributed by atoms with Crippen LogP contribution in [-0.4, -0.2) is 29.8 Å². The summed E-state index contributed by atoms with van der Waals surface area (Å²) in [5, 5.41) is 0. The van der Waals surface area contributed by atoms with Gasteiger partial charge in [-0.1, -0.05) is 0 Å². The molecule has 0 radical (unpaired) electrons. The van der Waals surface area contributed by atoms with E-state index in [0.717, 1.165) is 5.56 Å². The number of hydrogen-bond acceptors (Lipinski definition) is 5. The lowest BCUT2D eigenvalue weighted by atomic mass is 10.1. The number of ether oxygens (including phenoxy) is 3. The highest BCUT2D eigenvalue weighted by atomic mass is 16.7. The van der Waals surface area contributed by atoms with E-state index in [9.17, 15) is 4.79 Å². The highest BCUT2D eigenvalue weighted by Crippen LogP contribution is 2.35. The molecule has 1 aromatic carbocycles. The molecule has 6 heteroatoms. The molecule has 1 aliphatic heterocycles. The molecule has 1 N–H and O–H groups in total. The molecule has 2 aromatic rings. The van der Waals surface area contributed by atoms with Crippen molar-refractivity contribution < 1.29 is 19.0 Å². The molecular formula is C12H10N2O4. The van der Waals surface area contributed by atoms with Gasteiger partial charge >= 0.3 is 5.97 Å². The Bertz CT molecular complexity index is 606. The fourth-order valence-electron chi connectivity index (χ4n) is 1.73. The van der Waals surface area contributed by atoms with E-state index in [-0.39, 0.29) is 12.6 Å². The van der Waals surface area contributed by atoms with Gasteiger partial charge in [-0.05, 0) is 18.2 Å². The standard InChI is InChI=1S/C12H10N2O4/c1-16-12(15)11-13-5-8(14-11)7-2-3-9-10(4-7)18-6-17-9/h2-5H,6H2,1H3,(H,13,14). The van der Waals surface area contributed by atoms with Gasteiger partial charge in [-0.15, -0.1) is 0 Å². The van der Waals surface area contributed by atoms with E-state index in [1.54, 1.807) is 6.20 Å². The van der Waals surface area contributed by atoms with E-state index < -0.39 is 5.97 Å². The number of benzene rings is 1. The highest BCUT2D eigenvalue weighted by molar-refractivity contribution is 5.86. The van der Waals surface area contributed by atoms with Crippen molar-refractivity contribution in [3.8, 4) is 22.8 Å². The van der Waals surface area contributed by atoms with E-state index in [2.05, 4.69) is 14.7 Å². The third kappa shape index (κ3) is 1.67. The minimum Gasteiger partial charge on any atom is -0.463 e. The Hall–Kier alpha value is -2.50. The third-order valence-corrected chi connectivity index (χ3v) is 2.64. The summed E-state index contributed by atoms with van der Waals surface area (Å²) in [6.45, 7) is 0.231. The van der Waals surface area contributed by atoms with Crippen molar-refractivity contribution in [2.75, 3.05) is 13.9 Å². The number of hydrogen-bond donors (Lipinski definition) is 1. The molecular weight excluding hydrogens is 236 g/mol. The van der Waals surface area contributed by atoms with Gasteiger partial charge < -0.3 is 19.2 Å². The summed E-state index contributed by atoms with van der Waals surface area (Å²) in [6, 6.07) is 5.51. The van der Waals surface area contributed by atoms with Gasteiger partial charge in [0, 0.05) is 5.56 Å². The molecule has 0 fully saturated rings. The topological polar surface area (TPSA) is 73.4 Å². The van der Waals surface area contributed by atoms with Crippen LogP contribution in [0.15, 0.2) is 24.4 Å². The minimum atomic E-state index is -0.498. The molecule has 0 atom stereocenters. The highest BCUT2D eigenvalue weighted by Gasteiger charge is 2.16. The fraction of sp³-hybridized carbons (Fsp3) is 0.167. The molecule has 0 spiro atoms. The lowest BCUT2D eigenvalue weighted by Crippen LogP contribution is -2.03. The van der Waals surface area contributed by atoms with Crippen molar-refractivity contribution in [2.24, 2.45) is 0 Å². The van der Waals surface area contributed by atoms with Crippen LogP contribution in [-0.2, 0) is 4.74 Å². The smallest absolute Gasteiger partial charge is 0.374 e. The molecule has 0 saturated heterocycles. The first-order valence-corrected chi connectivity index (χ1v) is 5.31. The molecule has 1 aliphatic rings. The SMILES string of the molecule is COC(=O)c1ncc(-c2ccc3c(c2)OCO3)[nH]1. The Labute approximate surface area is 103 Å². The monoisotopic (exact) mass is 246 g/mol. The largest absolute Gasteiger partial charge is 0.463 e. The number of H-pyrrole nitrogens is 1. The summed E-state index contributed by atoms with van der Waals surface area (Å²) < 4.78 is 15.1. The number of aromatic amines is 1. The quantitative estimate of drug-likeness (QED) is 0.814. The lowest BCUT2D eigenvalue weighted by Gasteiger charge is -2.00. The number of nitrogens with one attached hydrogen (secondary N) is 1. The number of nitrogens with zero attached hydrogens (tertiary/aromatic N) is 1. The predicted molar refractivity (Wildman–Crippen MR) is 61.5 cm³/mol.